The van der Waals surface area contributed by atoms with Crippen LogP contribution in [-0.4, -0.2) is 25.5 Å². The molecule has 20 heavy (non-hydrogen) atoms. The van der Waals surface area contributed by atoms with E-state index < -0.39 is 5.60 Å². The molecule has 2 aromatic rings. The van der Waals surface area contributed by atoms with Crippen LogP contribution in [0.4, 0.5) is 0 Å². The van der Waals surface area contributed by atoms with Crippen molar-refractivity contribution in [2.75, 3.05) is 0 Å². The summed E-state index contributed by atoms with van der Waals surface area (Å²) in [7, 11) is 0. The zero-order valence-electron chi connectivity index (χ0n) is 12.1. The van der Waals surface area contributed by atoms with Gasteiger partial charge in [0, 0.05) is 25.8 Å². The summed E-state index contributed by atoms with van der Waals surface area (Å²) in [6.45, 7) is 5.16. The topological polar surface area (TPSA) is 50.9 Å². The van der Waals surface area contributed by atoms with Crippen LogP contribution in [0.2, 0.25) is 0 Å². The van der Waals surface area contributed by atoms with Crippen LogP contribution in [0.15, 0.2) is 30.6 Å². The first-order chi connectivity index (χ1) is 9.56. The summed E-state index contributed by atoms with van der Waals surface area (Å²) < 4.78 is 1.92. The van der Waals surface area contributed by atoms with E-state index in [1.165, 1.54) is 11.1 Å². The van der Waals surface area contributed by atoms with Gasteiger partial charge in [0.05, 0.1) is 5.60 Å². The third-order valence-electron chi connectivity index (χ3n) is 3.88. The van der Waals surface area contributed by atoms with E-state index in [0.29, 0.717) is 25.2 Å². The van der Waals surface area contributed by atoms with Crippen LogP contribution < -0.4 is 0 Å². The minimum atomic E-state index is -0.717. The minimum Gasteiger partial charge on any atom is -0.389 e. The van der Waals surface area contributed by atoms with Crippen LogP contribution in [-0.2, 0) is 25.8 Å². The quantitative estimate of drug-likeness (QED) is 0.925. The summed E-state index contributed by atoms with van der Waals surface area (Å²) in [5.74, 6) is 1.40. The lowest BCUT2D eigenvalue weighted by molar-refractivity contribution is 0.0484. The molecular formula is C16H21N3O. The molecule has 0 fully saturated rings. The number of fused-ring (bicyclic) bond motifs is 1. The molecule has 0 amide bonds. The molecule has 0 saturated carbocycles. The van der Waals surface area contributed by atoms with Gasteiger partial charge in [-0.05, 0) is 17.0 Å². The predicted octanol–water partition coefficient (Wildman–Crippen LogP) is 2.01. The number of rotatable bonds is 4. The van der Waals surface area contributed by atoms with Crippen molar-refractivity contribution in [1.29, 1.82) is 0 Å². The highest BCUT2D eigenvalue weighted by Crippen LogP contribution is 2.32. The Labute approximate surface area is 119 Å². The molecule has 0 atom stereocenters. The van der Waals surface area contributed by atoms with Crippen molar-refractivity contribution in [1.82, 2.24) is 14.8 Å². The summed E-state index contributed by atoms with van der Waals surface area (Å²) in [6.07, 6.45) is 3.56. The van der Waals surface area contributed by atoms with Crippen molar-refractivity contribution in [3.05, 3.63) is 47.5 Å². The van der Waals surface area contributed by atoms with Gasteiger partial charge in [-0.2, -0.15) is 5.10 Å². The number of benzene rings is 1. The predicted molar refractivity (Wildman–Crippen MR) is 77.4 cm³/mol. The zero-order valence-corrected chi connectivity index (χ0v) is 12.1. The van der Waals surface area contributed by atoms with Gasteiger partial charge in [0.2, 0.25) is 0 Å². The Balaban J connectivity index is 1.78. The molecule has 3 rings (SSSR count). The van der Waals surface area contributed by atoms with Gasteiger partial charge in [0.25, 0.3) is 0 Å². The molecule has 0 aliphatic heterocycles. The second-order valence-corrected chi connectivity index (χ2v) is 6.28. The third-order valence-corrected chi connectivity index (χ3v) is 3.88. The van der Waals surface area contributed by atoms with E-state index in [1.54, 1.807) is 6.33 Å². The van der Waals surface area contributed by atoms with Gasteiger partial charge < -0.3 is 5.11 Å². The summed E-state index contributed by atoms with van der Waals surface area (Å²) >= 11 is 0. The third kappa shape index (κ3) is 2.61. The Morgan fingerprint density at radius 2 is 1.90 bits per heavy atom. The molecule has 0 bridgehead atoms. The Bertz CT molecular complexity index is 578. The van der Waals surface area contributed by atoms with Crippen molar-refractivity contribution in [3.63, 3.8) is 0 Å². The van der Waals surface area contributed by atoms with E-state index in [9.17, 15) is 5.11 Å². The average Bonchev–Trinajstić information content (AvgIpc) is 2.92. The Hall–Kier alpha value is -1.68. The zero-order chi connectivity index (χ0) is 14.2. The van der Waals surface area contributed by atoms with Crippen LogP contribution in [0.5, 0.6) is 0 Å². The first-order valence-electron chi connectivity index (χ1n) is 7.22. The number of hydrogen-bond acceptors (Lipinski definition) is 3. The fraction of sp³-hybridized carbons (Fsp3) is 0.500. The fourth-order valence-electron chi connectivity index (χ4n) is 3.02. The molecule has 1 aromatic heterocycles. The highest BCUT2D eigenvalue weighted by Gasteiger charge is 2.36. The van der Waals surface area contributed by atoms with Crippen molar-refractivity contribution < 1.29 is 5.11 Å². The van der Waals surface area contributed by atoms with Crippen molar-refractivity contribution in [2.45, 2.75) is 45.3 Å². The standard InChI is InChI=1S/C16H21N3O/c1-12(2)10-19-15(17-11-18-19)9-16(20)7-13-5-3-4-6-14(13)8-16/h3-6,11-12,20H,7-10H2,1-2H3. The molecule has 1 aromatic carbocycles. The largest absolute Gasteiger partial charge is 0.389 e. The highest BCUT2D eigenvalue weighted by atomic mass is 16.3. The van der Waals surface area contributed by atoms with Crippen LogP contribution in [0.3, 0.4) is 0 Å². The molecule has 0 spiro atoms. The lowest BCUT2D eigenvalue weighted by atomic mass is 9.95. The summed E-state index contributed by atoms with van der Waals surface area (Å²) in [4.78, 5) is 4.33. The van der Waals surface area contributed by atoms with E-state index in [1.807, 2.05) is 16.8 Å². The molecule has 0 unspecified atom stereocenters. The van der Waals surface area contributed by atoms with Gasteiger partial charge >= 0.3 is 0 Å². The van der Waals surface area contributed by atoms with E-state index in [2.05, 4.69) is 36.1 Å². The van der Waals surface area contributed by atoms with Crippen LogP contribution in [0.25, 0.3) is 0 Å². The molecule has 4 heteroatoms. The normalized spacial score (nSPS) is 16.6. The molecule has 4 nitrogen and oxygen atoms in total. The Kier molecular flexibility index (Phi) is 3.34. The lowest BCUT2D eigenvalue weighted by Gasteiger charge is -2.22. The molecule has 106 valence electrons. The van der Waals surface area contributed by atoms with Gasteiger partial charge in [-0.1, -0.05) is 38.1 Å². The molecule has 1 N–H and O–H groups in total. The molecule has 0 saturated heterocycles. The summed E-state index contributed by atoms with van der Waals surface area (Å²) in [6, 6.07) is 8.27. The second kappa shape index (κ2) is 5.02. The molecule has 1 aliphatic carbocycles. The van der Waals surface area contributed by atoms with Gasteiger partial charge in [0.15, 0.2) is 0 Å². The van der Waals surface area contributed by atoms with Gasteiger partial charge in [-0.3, -0.25) is 0 Å². The lowest BCUT2D eigenvalue weighted by Crippen LogP contribution is -2.33. The number of nitrogens with zero attached hydrogens (tertiary/aromatic N) is 3. The molecule has 1 heterocycles. The average molecular weight is 271 g/mol. The van der Waals surface area contributed by atoms with Crippen LogP contribution in [0.1, 0.15) is 30.8 Å². The van der Waals surface area contributed by atoms with E-state index in [-0.39, 0.29) is 0 Å². The monoisotopic (exact) mass is 271 g/mol. The van der Waals surface area contributed by atoms with Crippen molar-refractivity contribution in [3.8, 4) is 0 Å². The van der Waals surface area contributed by atoms with E-state index in [0.717, 1.165) is 12.4 Å². The smallest absolute Gasteiger partial charge is 0.138 e. The Morgan fingerprint density at radius 3 is 2.50 bits per heavy atom. The number of aliphatic hydroxyl groups is 1. The van der Waals surface area contributed by atoms with Gasteiger partial charge in [-0.15, -0.1) is 0 Å². The highest BCUT2D eigenvalue weighted by molar-refractivity contribution is 5.35. The number of hydrogen-bond donors (Lipinski definition) is 1. The molecular weight excluding hydrogens is 250 g/mol. The number of aromatic nitrogens is 3. The molecule has 1 aliphatic rings. The van der Waals surface area contributed by atoms with E-state index >= 15 is 0 Å². The maximum atomic E-state index is 10.9. The van der Waals surface area contributed by atoms with Crippen LogP contribution >= 0.6 is 0 Å². The fourth-order valence-corrected chi connectivity index (χ4v) is 3.02. The first-order valence-corrected chi connectivity index (χ1v) is 7.22. The van der Waals surface area contributed by atoms with Gasteiger partial charge in [-0.25, -0.2) is 9.67 Å². The molecule has 0 radical (unpaired) electrons. The van der Waals surface area contributed by atoms with Gasteiger partial charge in [0.1, 0.15) is 12.2 Å². The maximum absolute atomic E-state index is 10.9. The second-order valence-electron chi connectivity index (χ2n) is 6.28. The summed E-state index contributed by atoms with van der Waals surface area (Å²) in [5, 5.41) is 15.1. The SMILES string of the molecule is CC(C)Cn1ncnc1CC1(O)Cc2ccccc2C1. The summed E-state index contributed by atoms with van der Waals surface area (Å²) in [5.41, 5.74) is 1.79. The Morgan fingerprint density at radius 1 is 1.25 bits per heavy atom. The van der Waals surface area contributed by atoms with E-state index in [4.69, 9.17) is 0 Å². The first kappa shape index (κ1) is 13.3. The van der Waals surface area contributed by atoms with Crippen LogP contribution in [0, 0.1) is 5.92 Å². The minimum absolute atomic E-state index is 0.519. The van der Waals surface area contributed by atoms with Crippen molar-refractivity contribution >= 4 is 0 Å². The van der Waals surface area contributed by atoms with Crippen molar-refractivity contribution in [2.24, 2.45) is 5.92 Å². The maximum Gasteiger partial charge on any atom is 0.138 e.